The Bertz CT molecular complexity index is 1720. The number of nitrogens with zero attached hydrogens (tertiary/aromatic N) is 2. The monoisotopic (exact) mass is 542 g/mol. The van der Waals surface area contributed by atoms with E-state index in [9.17, 15) is 4.79 Å². The van der Waals surface area contributed by atoms with E-state index in [1.807, 2.05) is 31.3 Å². The second-order valence-corrected chi connectivity index (χ2v) is 10.0. The lowest BCUT2D eigenvalue weighted by Crippen LogP contribution is -2.38. The molecular weight excluding hydrogens is 516 g/mol. The van der Waals surface area contributed by atoms with E-state index in [0.717, 1.165) is 44.5 Å². The summed E-state index contributed by atoms with van der Waals surface area (Å²) in [6, 6.07) is 42.6. The fourth-order valence-electron chi connectivity index (χ4n) is 5.53. The highest BCUT2D eigenvalue weighted by Crippen LogP contribution is 2.44. The van der Waals surface area contributed by atoms with E-state index in [1.165, 1.54) is 0 Å². The molecule has 0 aliphatic carbocycles. The first-order chi connectivity index (χ1) is 19.5. The lowest BCUT2D eigenvalue weighted by Gasteiger charge is -2.37. The van der Waals surface area contributed by atoms with Crippen molar-refractivity contribution in [1.29, 1.82) is 0 Å². The Morgan fingerprint density at radius 3 is 1.82 bits per heavy atom. The third-order valence-corrected chi connectivity index (χ3v) is 7.70. The fraction of sp³-hybridized carbons (Fsp3) is 0.0588. The summed E-state index contributed by atoms with van der Waals surface area (Å²) in [6.07, 6.45) is 0. The Kier molecular flexibility index (Phi) is 6.58. The molecule has 6 rings (SSSR count). The maximum Gasteiger partial charge on any atom is 0.248 e. The summed E-state index contributed by atoms with van der Waals surface area (Å²) < 4.78 is 2.11. The Labute approximate surface area is 237 Å². The number of hydrogen-bond acceptors (Lipinski definition) is 3. The van der Waals surface area contributed by atoms with Gasteiger partial charge in [0.1, 0.15) is 5.54 Å². The number of carbonyl (C=O) groups excluding carboxylic acids is 1. The van der Waals surface area contributed by atoms with E-state index < -0.39 is 11.4 Å². The first kappa shape index (κ1) is 25.4. The maximum absolute atomic E-state index is 11.9. The number of aromatic nitrogens is 2. The third-order valence-electron chi connectivity index (χ3n) is 7.37. The van der Waals surface area contributed by atoms with Gasteiger partial charge in [0.25, 0.3) is 0 Å². The normalized spacial score (nSPS) is 11.4. The van der Waals surface area contributed by atoms with Crippen molar-refractivity contribution < 1.29 is 4.79 Å². The van der Waals surface area contributed by atoms with Crippen molar-refractivity contribution >= 4 is 34.2 Å². The van der Waals surface area contributed by atoms with Crippen molar-refractivity contribution in [3.05, 3.63) is 155 Å². The highest BCUT2D eigenvalue weighted by Gasteiger charge is 2.40. The summed E-state index contributed by atoms with van der Waals surface area (Å²) in [4.78, 5) is 11.9. The van der Waals surface area contributed by atoms with Crippen LogP contribution in [0, 0.1) is 0 Å². The van der Waals surface area contributed by atoms with E-state index >= 15 is 0 Å². The average Bonchev–Trinajstić information content (AvgIpc) is 3.37. The number of halogens is 1. The van der Waals surface area contributed by atoms with E-state index in [4.69, 9.17) is 22.4 Å². The summed E-state index contributed by atoms with van der Waals surface area (Å²) in [5.41, 5.74) is 11.0. The summed E-state index contributed by atoms with van der Waals surface area (Å²) in [5, 5.41) is 9.97. The largest absolute Gasteiger partial charge is 0.371 e. The van der Waals surface area contributed by atoms with E-state index in [-0.39, 0.29) is 0 Å². The van der Waals surface area contributed by atoms with Crippen LogP contribution in [0.3, 0.4) is 0 Å². The molecule has 0 fully saturated rings. The Balaban J connectivity index is 1.69. The van der Waals surface area contributed by atoms with Crippen LogP contribution >= 0.6 is 11.6 Å². The fourth-order valence-corrected chi connectivity index (χ4v) is 5.76. The van der Waals surface area contributed by atoms with Crippen LogP contribution in [0.25, 0.3) is 22.0 Å². The van der Waals surface area contributed by atoms with Crippen molar-refractivity contribution in [3.63, 3.8) is 0 Å². The standard InChI is InChI=1S/C34H27ClN4O/c1-37-33-29-21-23(28-22-24(32(36)40)17-19-30(28)35)18-20-31(29)39(38-33)34(25-11-5-2-6-12-25,26-13-7-3-8-14-26)27-15-9-4-10-16-27/h2-22H,1H3,(H2,36,40)(H,37,38). The molecule has 1 amide bonds. The number of benzene rings is 5. The smallest absolute Gasteiger partial charge is 0.248 e. The Morgan fingerprint density at radius 2 is 1.32 bits per heavy atom. The molecule has 1 heterocycles. The topological polar surface area (TPSA) is 72.9 Å². The molecule has 0 spiro atoms. The molecule has 196 valence electrons. The predicted molar refractivity (Wildman–Crippen MR) is 163 cm³/mol. The van der Waals surface area contributed by atoms with Gasteiger partial charge in [0, 0.05) is 28.6 Å². The number of nitrogens with one attached hydrogen (secondary N) is 1. The average molecular weight is 543 g/mol. The van der Waals surface area contributed by atoms with E-state index in [0.29, 0.717) is 10.6 Å². The van der Waals surface area contributed by atoms with Crippen LogP contribution in [0.15, 0.2) is 127 Å². The third kappa shape index (κ3) is 4.12. The minimum absolute atomic E-state index is 0.403. The molecule has 0 aliphatic heterocycles. The van der Waals surface area contributed by atoms with Gasteiger partial charge in [-0.2, -0.15) is 5.10 Å². The number of amides is 1. The van der Waals surface area contributed by atoms with Gasteiger partial charge in [-0.3, -0.25) is 4.79 Å². The Morgan fingerprint density at radius 1 is 0.775 bits per heavy atom. The molecule has 40 heavy (non-hydrogen) atoms. The van der Waals surface area contributed by atoms with Crippen LogP contribution < -0.4 is 11.1 Å². The van der Waals surface area contributed by atoms with E-state index in [2.05, 4.69) is 94.9 Å². The lowest BCUT2D eigenvalue weighted by atomic mass is 9.77. The second-order valence-electron chi connectivity index (χ2n) is 9.61. The Hall–Kier alpha value is -4.87. The number of fused-ring (bicyclic) bond motifs is 1. The van der Waals surface area contributed by atoms with Gasteiger partial charge in [0.05, 0.1) is 5.52 Å². The molecular formula is C34H27ClN4O. The molecule has 6 heteroatoms. The van der Waals surface area contributed by atoms with Crippen LogP contribution in [-0.4, -0.2) is 22.7 Å². The molecule has 3 N–H and O–H groups in total. The SMILES string of the molecule is CNc1nn(C(c2ccccc2)(c2ccccc2)c2ccccc2)c2ccc(-c3cc(C(N)=O)ccc3Cl)cc12. The van der Waals surface area contributed by atoms with E-state index in [1.54, 1.807) is 18.2 Å². The van der Waals surface area contributed by atoms with Crippen LogP contribution in [-0.2, 0) is 5.54 Å². The van der Waals surface area contributed by atoms with Gasteiger partial charge in [0.2, 0.25) is 5.91 Å². The van der Waals surface area contributed by atoms with Gasteiger partial charge in [-0.25, -0.2) is 4.68 Å². The first-order valence-corrected chi connectivity index (χ1v) is 13.4. The molecule has 5 aromatic carbocycles. The zero-order valence-corrected chi connectivity index (χ0v) is 22.6. The number of rotatable bonds is 7. The number of carbonyl (C=O) groups is 1. The van der Waals surface area contributed by atoms with Crippen LogP contribution in [0.1, 0.15) is 27.0 Å². The molecule has 1 aromatic heterocycles. The molecule has 0 saturated carbocycles. The predicted octanol–water partition coefficient (Wildman–Crippen LogP) is 7.34. The summed E-state index contributed by atoms with van der Waals surface area (Å²) >= 11 is 6.59. The molecule has 0 radical (unpaired) electrons. The van der Waals surface area contributed by atoms with Gasteiger partial charge in [-0.05, 0) is 52.6 Å². The molecule has 0 saturated heterocycles. The minimum atomic E-state index is -0.762. The lowest BCUT2D eigenvalue weighted by molar-refractivity contribution is 0.100. The maximum atomic E-state index is 11.9. The highest BCUT2D eigenvalue weighted by atomic mass is 35.5. The van der Waals surface area contributed by atoms with Crippen molar-refractivity contribution in [2.24, 2.45) is 5.73 Å². The number of anilines is 1. The van der Waals surface area contributed by atoms with Crippen molar-refractivity contribution in [2.45, 2.75) is 5.54 Å². The quantitative estimate of drug-likeness (QED) is 0.207. The minimum Gasteiger partial charge on any atom is -0.371 e. The van der Waals surface area contributed by atoms with Crippen molar-refractivity contribution in [1.82, 2.24) is 9.78 Å². The van der Waals surface area contributed by atoms with Crippen LogP contribution in [0.5, 0.6) is 0 Å². The van der Waals surface area contributed by atoms with Gasteiger partial charge in [-0.15, -0.1) is 0 Å². The molecule has 0 atom stereocenters. The van der Waals surface area contributed by atoms with Crippen LogP contribution in [0.2, 0.25) is 5.02 Å². The summed E-state index contributed by atoms with van der Waals surface area (Å²) in [5.74, 6) is 0.229. The zero-order valence-electron chi connectivity index (χ0n) is 21.9. The molecule has 5 nitrogen and oxygen atoms in total. The van der Waals surface area contributed by atoms with Gasteiger partial charge in [0.15, 0.2) is 5.82 Å². The molecule has 0 unspecified atom stereocenters. The second kappa shape index (κ2) is 10.4. The highest BCUT2D eigenvalue weighted by molar-refractivity contribution is 6.33. The number of hydrogen-bond donors (Lipinski definition) is 2. The molecule has 0 bridgehead atoms. The number of primary amides is 1. The first-order valence-electron chi connectivity index (χ1n) is 13.0. The molecule has 6 aromatic rings. The summed E-state index contributed by atoms with van der Waals surface area (Å²) in [6.45, 7) is 0. The van der Waals surface area contributed by atoms with Gasteiger partial charge in [-0.1, -0.05) is 109 Å². The van der Waals surface area contributed by atoms with Gasteiger partial charge >= 0.3 is 0 Å². The number of nitrogens with two attached hydrogens (primary N) is 1. The zero-order chi connectivity index (χ0) is 27.7. The van der Waals surface area contributed by atoms with Crippen LogP contribution in [0.4, 0.5) is 5.82 Å². The molecule has 0 aliphatic rings. The van der Waals surface area contributed by atoms with Crippen molar-refractivity contribution in [3.8, 4) is 11.1 Å². The van der Waals surface area contributed by atoms with Gasteiger partial charge < -0.3 is 11.1 Å². The van der Waals surface area contributed by atoms with Crippen molar-refractivity contribution in [2.75, 3.05) is 12.4 Å². The summed E-state index contributed by atoms with van der Waals surface area (Å²) in [7, 11) is 1.87.